The minimum absolute atomic E-state index is 0.0810. The number of non-ortho nitro benzene ring substituents is 1. The number of esters is 1. The van der Waals surface area contributed by atoms with E-state index in [-0.39, 0.29) is 12.3 Å². The molecule has 8 nitrogen and oxygen atoms in total. The van der Waals surface area contributed by atoms with Gasteiger partial charge in [-0.1, -0.05) is 12.1 Å². The number of aliphatic hydroxyl groups excluding tert-OH is 1. The van der Waals surface area contributed by atoms with Crippen LogP contribution in [-0.2, 0) is 9.53 Å². The third-order valence-electron chi connectivity index (χ3n) is 3.72. The minimum atomic E-state index is -1.49. The fourth-order valence-electron chi connectivity index (χ4n) is 2.38. The Morgan fingerprint density at radius 2 is 1.81 bits per heavy atom. The third kappa shape index (κ3) is 4.70. The number of nitrogens with zero attached hydrogens (tertiary/aromatic N) is 1. The van der Waals surface area contributed by atoms with Crippen LogP contribution in [0.2, 0.25) is 0 Å². The normalized spacial score (nSPS) is 12.7. The first-order valence-corrected chi connectivity index (χ1v) is 7.96. The average Bonchev–Trinajstić information content (AvgIpc) is 2.66. The molecule has 0 aliphatic rings. The molecule has 0 heterocycles. The van der Waals surface area contributed by atoms with Gasteiger partial charge >= 0.3 is 5.97 Å². The summed E-state index contributed by atoms with van der Waals surface area (Å²) in [5.41, 5.74) is 1.06. The molecule has 0 aliphatic heterocycles. The summed E-state index contributed by atoms with van der Waals surface area (Å²) in [6, 6.07) is 11.7. The van der Waals surface area contributed by atoms with E-state index < -0.39 is 23.0 Å². The van der Waals surface area contributed by atoms with Crippen molar-refractivity contribution < 1.29 is 24.3 Å². The number of nitrogens with one attached hydrogen (secondary N) is 1. The lowest BCUT2D eigenvalue weighted by Gasteiger charge is -2.24. The number of anilines is 1. The molecule has 0 aliphatic carbocycles. The van der Waals surface area contributed by atoms with Gasteiger partial charge in [0, 0.05) is 17.8 Å². The van der Waals surface area contributed by atoms with Crippen molar-refractivity contribution in [2.75, 3.05) is 19.0 Å². The molecule has 8 heteroatoms. The molecule has 0 radical (unpaired) electrons. The Labute approximate surface area is 150 Å². The molecule has 2 atom stereocenters. The van der Waals surface area contributed by atoms with Crippen LogP contribution in [0.5, 0.6) is 5.75 Å². The summed E-state index contributed by atoms with van der Waals surface area (Å²) in [5, 5.41) is 24.3. The Morgan fingerprint density at radius 3 is 2.31 bits per heavy atom. The second-order valence-electron chi connectivity index (χ2n) is 5.40. The number of benzene rings is 2. The summed E-state index contributed by atoms with van der Waals surface area (Å²) in [7, 11) is 1.55. The number of nitro groups is 1. The summed E-state index contributed by atoms with van der Waals surface area (Å²) in [4.78, 5) is 22.3. The van der Waals surface area contributed by atoms with Gasteiger partial charge in [-0.3, -0.25) is 10.1 Å². The molecule has 26 heavy (non-hydrogen) atoms. The van der Waals surface area contributed by atoms with Crippen molar-refractivity contribution in [1.29, 1.82) is 0 Å². The van der Waals surface area contributed by atoms with Gasteiger partial charge in [0.2, 0.25) is 0 Å². The zero-order valence-corrected chi connectivity index (χ0v) is 14.4. The molecule has 2 N–H and O–H groups in total. The highest BCUT2D eigenvalue weighted by molar-refractivity contribution is 5.76. The number of methoxy groups -OCH3 is 1. The van der Waals surface area contributed by atoms with E-state index in [1.54, 1.807) is 38.3 Å². The van der Waals surface area contributed by atoms with Crippen LogP contribution in [0.1, 0.15) is 18.5 Å². The zero-order valence-electron chi connectivity index (χ0n) is 14.4. The topological polar surface area (TPSA) is 111 Å². The number of carbonyl (C=O) groups excluding carboxylic acids is 1. The molecule has 0 amide bonds. The summed E-state index contributed by atoms with van der Waals surface area (Å²) >= 11 is 0. The molecule has 0 saturated carbocycles. The molecule has 2 aromatic rings. The molecule has 0 unspecified atom stereocenters. The first-order chi connectivity index (χ1) is 12.5. The highest BCUT2D eigenvalue weighted by Gasteiger charge is 2.29. The van der Waals surface area contributed by atoms with Crippen molar-refractivity contribution in [2.45, 2.75) is 19.1 Å². The Morgan fingerprint density at radius 1 is 1.19 bits per heavy atom. The van der Waals surface area contributed by atoms with Crippen LogP contribution < -0.4 is 10.1 Å². The van der Waals surface area contributed by atoms with Gasteiger partial charge in [0.25, 0.3) is 5.69 Å². The molecular formula is C18H20N2O6. The highest BCUT2D eigenvalue weighted by atomic mass is 16.6. The van der Waals surface area contributed by atoms with Crippen LogP contribution in [-0.4, -0.2) is 35.8 Å². The van der Waals surface area contributed by atoms with Gasteiger partial charge in [-0.05, 0) is 36.8 Å². The van der Waals surface area contributed by atoms with Gasteiger partial charge in [-0.25, -0.2) is 4.79 Å². The Hall–Kier alpha value is -3.13. The summed E-state index contributed by atoms with van der Waals surface area (Å²) in [6.45, 7) is 1.77. The molecule has 0 fully saturated rings. The Bertz CT molecular complexity index is 745. The van der Waals surface area contributed by atoms with E-state index in [4.69, 9.17) is 9.47 Å². The fraction of sp³-hybridized carbons (Fsp3) is 0.278. The lowest BCUT2D eigenvalue weighted by molar-refractivity contribution is -0.384. The van der Waals surface area contributed by atoms with E-state index >= 15 is 0 Å². The second kappa shape index (κ2) is 8.82. The second-order valence-corrected chi connectivity index (χ2v) is 5.40. The number of rotatable bonds is 8. The lowest BCUT2D eigenvalue weighted by atomic mass is 10.0. The van der Waals surface area contributed by atoms with E-state index in [2.05, 4.69) is 5.32 Å². The molecule has 0 bridgehead atoms. The quantitative estimate of drug-likeness (QED) is 0.423. The van der Waals surface area contributed by atoms with Gasteiger partial charge in [0.1, 0.15) is 5.75 Å². The molecular weight excluding hydrogens is 340 g/mol. The monoisotopic (exact) mass is 360 g/mol. The summed E-state index contributed by atoms with van der Waals surface area (Å²) in [6.07, 6.45) is -1.49. The van der Waals surface area contributed by atoms with Gasteiger partial charge in [0.15, 0.2) is 6.10 Å². The average molecular weight is 360 g/mol. The number of hydrogen-bond acceptors (Lipinski definition) is 7. The molecule has 2 rings (SSSR count). The van der Waals surface area contributed by atoms with Crippen LogP contribution >= 0.6 is 0 Å². The zero-order chi connectivity index (χ0) is 19.1. The largest absolute Gasteiger partial charge is 0.497 e. The number of ether oxygens (including phenoxy) is 2. The van der Waals surface area contributed by atoms with Crippen LogP contribution in [0.4, 0.5) is 11.4 Å². The van der Waals surface area contributed by atoms with Gasteiger partial charge < -0.3 is 19.9 Å². The first kappa shape index (κ1) is 19.2. The van der Waals surface area contributed by atoms with Crippen LogP contribution in [0.3, 0.4) is 0 Å². The SMILES string of the molecule is CCOC(=O)[C@@H](O)[C@H](Nc1ccc(OC)cc1)c1ccc([N+](=O)[O-])cc1. The third-order valence-corrected chi connectivity index (χ3v) is 3.72. The van der Waals surface area contributed by atoms with Gasteiger partial charge in [-0.2, -0.15) is 0 Å². The van der Waals surface area contributed by atoms with Crippen molar-refractivity contribution >= 4 is 17.3 Å². The van der Waals surface area contributed by atoms with Gasteiger partial charge in [-0.15, -0.1) is 0 Å². The summed E-state index contributed by atoms with van der Waals surface area (Å²) in [5.74, 6) is -0.120. The summed E-state index contributed by atoms with van der Waals surface area (Å²) < 4.78 is 9.98. The van der Waals surface area contributed by atoms with E-state index in [0.29, 0.717) is 17.0 Å². The van der Waals surface area contributed by atoms with E-state index in [1.165, 1.54) is 24.3 Å². The van der Waals surface area contributed by atoms with Crippen LogP contribution in [0.15, 0.2) is 48.5 Å². The van der Waals surface area contributed by atoms with Gasteiger partial charge in [0.05, 0.1) is 24.7 Å². The van der Waals surface area contributed by atoms with E-state index in [9.17, 15) is 20.0 Å². The smallest absolute Gasteiger partial charge is 0.337 e. The number of aliphatic hydroxyl groups is 1. The number of nitro benzene ring substituents is 1. The molecule has 0 saturated heterocycles. The van der Waals surface area contributed by atoms with E-state index in [0.717, 1.165) is 0 Å². The fourth-order valence-corrected chi connectivity index (χ4v) is 2.38. The highest BCUT2D eigenvalue weighted by Crippen LogP contribution is 2.26. The van der Waals surface area contributed by atoms with Crippen LogP contribution in [0.25, 0.3) is 0 Å². The number of carbonyl (C=O) groups is 1. The molecule has 2 aromatic carbocycles. The maximum atomic E-state index is 12.0. The van der Waals surface area contributed by atoms with Crippen LogP contribution in [0, 0.1) is 10.1 Å². The van der Waals surface area contributed by atoms with Crippen molar-refractivity contribution in [3.63, 3.8) is 0 Å². The Balaban J connectivity index is 2.30. The maximum absolute atomic E-state index is 12.0. The van der Waals surface area contributed by atoms with Crippen molar-refractivity contribution in [2.24, 2.45) is 0 Å². The lowest BCUT2D eigenvalue weighted by Crippen LogP contribution is -2.34. The van der Waals surface area contributed by atoms with Crippen molar-refractivity contribution in [1.82, 2.24) is 0 Å². The first-order valence-electron chi connectivity index (χ1n) is 7.96. The predicted molar refractivity (Wildman–Crippen MR) is 95.1 cm³/mol. The maximum Gasteiger partial charge on any atom is 0.337 e. The standard InChI is InChI=1S/C18H20N2O6/c1-3-26-18(22)17(21)16(12-4-8-14(9-5-12)20(23)24)19-13-6-10-15(25-2)11-7-13/h4-11,16-17,19,21H,3H2,1-2H3/t16-,17+/m1/s1. The van der Waals surface area contributed by atoms with E-state index in [1.807, 2.05) is 0 Å². The molecule has 0 aromatic heterocycles. The number of hydrogen-bond donors (Lipinski definition) is 2. The Kier molecular flexibility index (Phi) is 6.51. The predicted octanol–water partition coefficient (Wildman–Crippen LogP) is 2.68. The van der Waals surface area contributed by atoms with Crippen molar-refractivity contribution in [3.05, 3.63) is 64.2 Å². The minimum Gasteiger partial charge on any atom is -0.497 e. The molecule has 138 valence electrons. The van der Waals surface area contributed by atoms with Crippen molar-refractivity contribution in [3.8, 4) is 5.75 Å². The molecule has 0 spiro atoms.